The average molecular weight is 360 g/mol. The third-order valence-electron chi connectivity index (χ3n) is 5.94. The van der Waals surface area contributed by atoms with Crippen molar-refractivity contribution in [3.05, 3.63) is 29.8 Å². The van der Waals surface area contributed by atoms with Crippen molar-refractivity contribution in [2.45, 2.75) is 26.7 Å². The fourth-order valence-corrected chi connectivity index (χ4v) is 4.23. The Morgan fingerprint density at radius 1 is 1.27 bits per heavy atom. The Balaban J connectivity index is 1.54. The third-order valence-corrected chi connectivity index (χ3v) is 5.94. The van der Waals surface area contributed by atoms with E-state index >= 15 is 0 Å². The van der Waals surface area contributed by atoms with E-state index in [4.69, 9.17) is 4.74 Å². The lowest BCUT2D eigenvalue weighted by Crippen LogP contribution is -2.48. The largest absolute Gasteiger partial charge is 0.484 e. The molecular weight excluding hydrogens is 332 g/mol. The normalized spacial score (nSPS) is 21.9. The lowest BCUT2D eigenvalue weighted by Gasteiger charge is -2.42. The smallest absolute Gasteiger partial charge is 0.260 e. The molecule has 6 heteroatoms. The molecule has 1 unspecified atom stereocenters. The number of carbonyl (C=O) groups is 2. The van der Waals surface area contributed by atoms with Gasteiger partial charge in [-0.05, 0) is 42.9 Å². The van der Waals surface area contributed by atoms with Crippen LogP contribution >= 0.6 is 0 Å². The van der Waals surface area contributed by atoms with Crippen molar-refractivity contribution in [2.24, 2.45) is 11.3 Å². The molecule has 1 atom stereocenters. The Hall–Kier alpha value is -2.08. The number of piperidine rings is 1. The number of rotatable bonds is 4. The summed E-state index contributed by atoms with van der Waals surface area (Å²) < 4.78 is 5.63. The first-order valence-corrected chi connectivity index (χ1v) is 9.27. The maximum atomic E-state index is 12.5. The van der Waals surface area contributed by atoms with Crippen molar-refractivity contribution in [2.75, 3.05) is 39.4 Å². The summed E-state index contributed by atoms with van der Waals surface area (Å²) in [7, 11) is 0. The molecule has 3 rings (SSSR count). The van der Waals surface area contributed by atoms with Crippen molar-refractivity contribution < 1.29 is 19.4 Å². The molecule has 1 aromatic carbocycles. The van der Waals surface area contributed by atoms with Crippen LogP contribution in [0.15, 0.2) is 24.3 Å². The highest BCUT2D eigenvalue weighted by Gasteiger charge is 2.48. The maximum Gasteiger partial charge on any atom is 0.260 e. The molecule has 1 N–H and O–H groups in total. The number of nitrogens with zero attached hydrogens (tertiary/aromatic N) is 2. The predicted molar refractivity (Wildman–Crippen MR) is 97.8 cm³/mol. The quantitative estimate of drug-likeness (QED) is 0.882. The van der Waals surface area contributed by atoms with Gasteiger partial charge in [0.15, 0.2) is 6.61 Å². The summed E-state index contributed by atoms with van der Waals surface area (Å²) in [6.07, 6.45) is 1.64. The Kier molecular flexibility index (Phi) is 5.51. The summed E-state index contributed by atoms with van der Waals surface area (Å²) in [6, 6.07) is 7.67. The van der Waals surface area contributed by atoms with Crippen molar-refractivity contribution >= 4 is 11.8 Å². The van der Waals surface area contributed by atoms with Gasteiger partial charge in [0, 0.05) is 45.6 Å². The van der Waals surface area contributed by atoms with Gasteiger partial charge in [-0.2, -0.15) is 0 Å². The van der Waals surface area contributed by atoms with Gasteiger partial charge in [0.2, 0.25) is 5.91 Å². The number of likely N-dealkylation sites (tertiary alicyclic amines) is 2. The van der Waals surface area contributed by atoms with E-state index < -0.39 is 0 Å². The van der Waals surface area contributed by atoms with E-state index in [2.05, 4.69) is 0 Å². The maximum absolute atomic E-state index is 12.5. The average Bonchev–Trinajstić information content (AvgIpc) is 2.99. The van der Waals surface area contributed by atoms with Gasteiger partial charge in [-0.1, -0.05) is 12.1 Å². The van der Waals surface area contributed by atoms with Gasteiger partial charge >= 0.3 is 0 Å². The molecule has 0 radical (unpaired) electrons. The van der Waals surface area contributed by atoms with Gasteiger partial charge < -0.3 is 19.6 Å². The lowest BCUT2D eigenvalue weighted by atomic mass is 9.71. The summed E-state index contributed by atoms with van der Waals surface area (Å²) in [5, 5.41) is 9.75. The minimum atomic E-state index is -0.0609. The van der Waals surface area contributed by atoms with Crippen LogP contribution in [-0.2, 0) is 9.59 Å². The van der Waals surface area contributed by atoms with Crippen molar-refractivity contribution in [3.8, 4) is 5.75 Å². The number of aryl methyl sites for hydroxylation is 1. The minimum Gasteiger partial charge on any atom is -0.484 e. The second kappa shape index (κ2) is 7.66. The highest BCUT2D eigenvalue weighted by atomic mass is 16.5. The van der Waals surface area contributed by atoms with Gasteiger partial charge in [-0.3, -0.25) is 9.59 Å². The fourth-order valence-electron chi connectivity index (χ4n) is 4.23. The number of ether oxygens (including phenoxy) is 1. The second-order valence-corrected chi connectivity index (χ2v) is 7.63. The Morgan fingerprint density at radius 2 is 2.00 bits per heavy atom. The molecule has 0 saturated carbocycles. The SMILES string of the molecule is CC(=O)N1CC(CO)C2(CCN(C(=O)COc3cccc(C)c3)CC2)C1. The van der Waals surface area contributed by atoms with Crippen LogP contribution in [0, 0.1) is 18.3 Å². The summed E-state index contributed by atoms with van der Waals surface area (Å²) >= 11 is 0. The van der Waals surface area contributed by atoms with E-state index in [-0.39, 0.29) is 36.4 Å². The Labute approximate surface area is 154 Å². The molecule has 2 fully saturated rings. The number of aliphatic hydroxyl groups is 1. The zero-order valence-corrected chi connectivity index (χ0v) is 15.6. The van der Waals surface area contributed by atoms with E-state index in [0.717, 1.165) is 18.4 Å². The van der Waals surface area contributed by atoms with Gasteiger partial charge in [-0.25, -0.2) is 0 Å². The first kappa shape index (κ1) is 18.7. The van der Waals surface area contributed by atoms with Crippen LogP contribution in [-0.4, -0.2) is 66.1 Å². The second-order valence-electron chi connectivity index (χ2n) is 7.63. The van der Waals surface area contributed by atoms with Gasteiger partial charge in [0.25, 0.3) is 5.91 Å². The van der Waals surface area contributed by atoms with Crippen LogP contribution < -0.4 is 4.74 Å². The van der Waals surface area contributed by atoms with E-state index in [9.17, 15) is 14.7 Å². The molecule has 0 aromatic heterocycles. The molecule has 6 nitrogen and oxygen atoms in total. The highest BCUT2D eigenvalue weighted by molar-refractivity contribution is 5.78. The number of aliphatic hydroxyl groups excluding tert-OH is 1. The molecule has 1 spiro atoms. The number of amides is 2. The van der Waals surface area contributed by atoms with E-state index in [1.807, 2.05) is 41.0 Å². The van der Waals surface area contributed by atoms with Crippen molar-refractivity contribution in [1.82, 2.24) is 9.80 Å². The Morgan fingerprint density at radius 3 is 2.62 bits per heavy atom. The zero-order valence-electron chi connectivity index (χ0n) is 15.6. The predicted octanol–water partition coefficient (Wildman–Crippen LogP) is 1.45. The van der Waals surface area contributed by atoms with Crippen LogP contribution in [0.5, 0.6) is 5.75 Å². The molecule has 142 valence electrons. The molecule has 2 amide bonds. The molecule has 2 aliphatic heterocycles. The zero-order chi connectivity index (χ0) is 18.7. The van der Waals surface area contributed by atoms with Gasteiger partial charge in [-0.15, -0.1) is 0 Å². The van der Waals surface area contributed by atoms with Crippen LogP contribution in [0.2, 0.25) is 0 Å². The third kappa shape index (κ3) is 3.85. The molecule has 26 heavy (non-hydrogen) atoms. The number of benzene rings is 1. The summed E-state index contributed by atoms with van der Waals surface area (Å²) in [5.74, 6) is 0.862. The van der Waals surface area contributed by atoms with E-state index in [1.54, 1.807) is 6.92 Å². The topological polar surface area (TPSA) is 70.1 Å². The molecular formula is C20H28N2O4. The Bertz CT molecular complexity index is 668. The van der Waals surface area contributed by atoms with Gasteiger partial charge in [0.05, 0.1) is 0 Å². The van der Waals surface area contributed by atoms with Crippen LogP contribution in [0.3, 0.4) is 0 Å². The van der Waals surface area contributed by atoms with Crippen molar-refractivity contribution in [1.29, 1.82) is 0 Å². The molecule has 0 aliphatic carbocycles. The molecule has 2 heterocycles. The number of hydrogen-bond donors (Lipinski definition) is 1. The summed E-state index contributed by atoms with van der Waals surface area (Å²) in [6.45, 7) is 6.31. The molecule has 2 aliphatic rings. The molecule has 1 aromatic rings. The highest BCUT2D eigenvalue weighted by Crippen LogP contribution is 2.44. The number of hydrogen-bond acceptors (Lipinski definition) is 4. The summed E-state index contributed by atoms with van der Waals surface area (Å²) in [5.41, 5.74) is 1.04. The molecule has 2 saturated heterocycles. The van der Waals surface area contributed by atoms with E-state index in [0.29, 0.717) is 31.9 Å². The first-order valence-electron chi connectivity index (χ1n) is 9.27. The van der Waals surface area contributed by atoms with Crippen LogP contribution in [0.4, 0.5) is 0 Å². The number of carbonyl (C=O) groups excluding carboxylic acids is 2. The summed E-state index contributed by atoms with van der Waals surface area (Å²) in [4.78, 5) is 27.9. The van der Waals surface area contributed by atoms with Crippen LogP contribution in [0.25, 0.3) is 0 Å². The van der Waals surface area contributed by atoms with E-state index in [1.165, 1.54) is 0 Å². The standard InChI is InChI=1S/C20H28N2O4/c1-15-4-3-5-18(10-15)26-13-19(25)21-8-6-20(7-9-21)14-22(16(2)24)11-17(20)12-23/h3-5,10,17,23H,6-9,11-14H2,1-2H3. The fraction of sp³-hybridized carbons (Fsp3) is 0.600. The van der Waals surface area contributed by atoms with Gasteiger partial charge in [0.1, 0.15) is 5.75 Å². The first-order chi connectivity index (χ1) is 12.4. The molecule has 0 bridgehead atoms. The monoisotopic (exact) mass is 360 g/mol. The lowest BCUT2D eigenvalue weighted by molar-refractivity contribution is -0.136. The van der Waals surface area contributed by atoms with Crippen molar-refractivity contribution in [3.63, 3.8) is 0 Å². The van der Waals surface area contributed by atoms with Crippen LogP contribution in [0.1, 0.15) is 25.3 Å². The minimum absolute atomic E-state index is 0.0108.